The van der Waals surface area contributed by atoms with Crippen molar-refractivity contribution in [2.24, 2.45) is 0 Å². The number of hydrogen-bond donors (Lipinski definition) is 0. The van der Waals surface area contributed by atoms with Gasteiger partial charge >= 0.3 is 0 Å². The average Bonchev–Trinajstić information content (AvgIpc) is 2.75. The largest absolute Gasteiger partial charge is 0.461 e. The lowest BCUT2D eigenvalue weighted by Crippen LogP contribution is -1.90. The van der Waals surface area contributed by atoms with Gasteiger partial charge in [0.15, 0.2) is 0 Å². The van der Waals surface area contributed by atoms with Crippen LogP contribution < -0.4 is 0 Å². The highest BCUT2D eigenvalue weighted by Crippen LogP contribution is 2.23. The Balaban J connectivity index is 2.39. The summed E-state index contributed by atoms with van der Waals surface area (Å²) in [7, 11) is 0. The molecule has 0 aromatic heterocycles. The molecule has 1 heterocycles. The van der Waals surface area contributed by atoms with E-state index >= 15 is 0 Å². The van der Waals surface area contributed by atoms with Crippen LogP contribution in [-0.4, -0.2) is 13.2 Å². The van der Waals surface area contributed by atoms with Gasteiger partial charge in [-0.1, -0.05) is 23.7 Å². The fourth-order valence-corrected chi connectivity index (χ4v) is 1.43. The van der Waals surface area contributed by atoms with Crippen LogP contribution in [0.25, 0.3) is 5.57 Å². The number of nitrogens with zero attached hydrogens (tertiary/aromatic N) is 1. The summed E-state index contributed by atoms with van der Waals surface area (Å²) in [5.74, 6) is 0.305. The summed E-state index contributed by atoms with van der Waals surface area (Å²) in [5.41, 5.74) is 1.16. The van der Waals surface area contributed by atoms with Crippen LogP contribution in [0.4, 0.5) is 0 Å². The molecule has 1 aromatic rings. The smallest absolute Gasteiger partial charge is 0.298 e. The van der Waals surface area contributed by atoms with Crippen molar-refractivity contribution in [3.8, 4) is 6.07 Å². The van der Waals surface area contributed by atoms with E-state index in [-0.39, 0.29) is 0 Å². The molecule has 0 spiro atoms. The summed E-state index contributed by atoms with van der Waals surface area (Å²) >= 11 is 5.76. The van der Waals surface area contributed by atoms with Gasteiger partial charge in [-0.3, -0.25) is 0 Å². The first-order valence-corrected chi connectivity index (χ1v) is 4.85. The van der Waals surface area contributed by atoms with Crippen LogP contribution in [-0.2, 0) is 9.47 Å². The van der Waals surface area contributed by atoms with Crippen molar-refractivity contribution in [2.45, 2.75) is 0 Å². The average molecular weight is 222 g/mol. The molecule has 1 aliphatic rings. The molecule has 3 nitrogen and oxygen atoms in total. The van der Waals surface area contributed by atoms with E-state index in [0.29, 0.717) is 29.8 Å². The Kier molecular flexibility index (Phi) is 2.79. The van der Waals surface area contributed by atoms with Gasteiger partial charge in [0.05, 0.1) is 0 Å². The number of rotatable bonds is 1. The molecule has 0 saturated carbocycles. The van der Waals surface area contributed by atoms with Crippen molar-refractivity contribution in [1.82, 2.24) is 0 Å². The van der Waals surface area contributed by atoms with Crippen molar-refractivity contribution in [3.63, 3.8) is 0 Å². The second-order valence-electron chi connectivity index (χ2n) is 2.98. The highest BCUT2D eigenvalue weighted by atomic mass is 35.5. The van der Waals surface area contributed by atoms with Crippen LogP contribution in [0.3, 0.4) is 0 Å². The maximum Gasteiger partial charge on any atom is 0.298 e. The molecule has 0 bridgehead atoms. The molecule has 0 atom stereocenters. The highest BCUT2D eigenvalue weighted by Gasteiger charge is 2.17. The summed E-state index contributed by atoms with van der Waals surface area (Å²) in [6.07, 6.45) is 0. The summed E-state index contributed by atoms with van der Waals surface area (Å²) in [6, 6.07) is 9.04. The Hall–Kier alpha value is -1.66. The molecule has 0 N–H and O–H groups in total. The maximum atomic E-state index is 9.01. The van der Waals surface area contributed by atoms with Gasteiger partial charge in [-0.05, 0) is 17.7 Å². The van der Waals surface area contributed by atoms with E-state index in [4.69, 9.17) is 26.3 Å². The Morgan fingerprint density at radius 3 is 2.33 bits per heavy atom. The van der Waals surface area contributed by atoms with Crippen LogP contribution in [0.5, 0.6) is 0 Å². The summed E-state index contributed by atoms with van der Waals surface area (Å²) < 4.78 is 10.4. The molecule has 1 aliphatic heterocycles. The van der Waals surface area contributed by atoms with Gasteiger partial charge in [-0.2, -0.15) is 5.26 Å². The molecular weight excluding hydrogens is 214 g/mol. The van der Waals surface area contributed by atoms with Crippen molar-refractivity contribution >= 4 is 17.2 Å². The minimum Gasteiger partial charge on any atom is -0.461 e. The molecule has 15 heavy (non-hydrogen) atoms. The number of ether oxygens (including phenoxy) is 2. The zero-order valence-corrected chi connectivity index (χ0v) is 8.62. The molecule has 0 amide bonds. The first-order valence-electron chi connectivity index (χ1n) is 4.47. The van der Waals surface area contributed by atoms with E-state index in [1.54, 1.807) is 24.3 Å². The van der Waals surface area contributed by atoms with Gasteiger partial charge in [0.2, 0.25) is 0 Å². The van der Waals surface area contributed by atoms with E-state index in [1.807, 2.05) is 0 Å². The molecule has 0 unspecified atom stereocenters. The Bertz CT molecular complexity index is 423. The first kappa shape index (κ1) is 9.88. The van der Waals surface area contributed by atoms with Gasteiger partial charge in [-0.25, -0.2) is 0 Å². The lowest BCUT2D eigenvalue weighted by molar-refractivity contribution is 0.179. The van der Waals surface area contributed by atoms with Crippen LogP contribution >= 0.6 is 11.6 Å². The SMILES string of the molecule is N#CC(=C1OCCO1)c1ccc(Cl)cc1. The molecule has 1 saturated heterocycles. The molecule has 76 valence electrons. The van der Waals surface area contributed by atoms with E-state index in [1.165, 1.54) is 0 Å². The lowest BCUT2D eigenvalue weighted by atomic mass is 10.1. The first-order chi connectivity index (χ1) is 7.31. The highest BCUT2D eigenvalue weighted by molar-refractivity contribution is 6.30. The quantitative estimate of drug-likeness (QED) is 0.685. The van der Waals surface area contributed by atoms with Gasteiger partial charge < -0.3 is 9.47 Å². The number of benzene rings is 1. The Morgan fingerprint density at radius 2 is 1.80 bits per heavy atom. The third-order valence-electron chi connectivity index (χ3n) is 2.00. The standard InChI is InChI=1S/C11H8ClNO2/c12-9-3-1-8(2-4-9)10(7-13)11-14-5-6-15-11/h1-4H,5-6H2. The zero-order valence-electron chi connectivity index (χ0n) is 7.87. The van der Waals surface area contributed by atoms with Gasteiger partial charge in [0.1, 0.15) is 24.9 Å². The summed E-state index contributed by atoms with van der Waals surface area (Å²) in [6.45, 7) is 0.988. The molecular formula is C11H8ClNO2. The van der Waals surface area contributed by atoms with E-state index in [2.05, 4.69) is 6.07 Å². The van der Waals surface area contributed by atoms with Gasteiger partial charge in [-0.15, -0.1) is 0 Å². The second kappa shape index (κ2) is 4.24. The third-order valence-corrected chi connectivity index (χ3v) is 2.25. The van der Waals surface area contributed by atoms with E-state index in [9.17, 15) is 0 Å². The number of allylic oxidation sites excluding steroid dienone is 1. The summed E-state index contributed by atoms with van der Waals surface area (Å²) in [5, 5.41) is 9.64. The number of nitriles is 1. The minimum atomic E-state index is 0.305. The van der Waals surface area contributed by atoms with E-state index < -0.39 is 0 Å². The second-order valence-corrected chi connectivity index (χ2v) is 3.41. The van der Waals surface area contributed by atoms with Crippen molar-refractivity contribution < 1.29 is 9.47 Å². The normalized spacial score (nSPS) is 14.0. The number of halogens is 1. The lowest BCUT2D eigenvalue weighted by Gasteiger charge is -2.02. The van der Waals surface area contributed by atoms with Crippen LogP contribution in [0, 0.1) is 11.3 Å². The predicted molar refractivity (Wildman–Crippen MR) is 55.9 cm³/mol. The fraction of sp³-hybridized carbons (Fsp3) is 0.182. The maximum absolute atomic E-state index is 9.01. The topological polar surface area (TPSA) is 42.2 Å². The van der Waals surface area contributed by atoms with Crippen molar-refractivity contribution in [3.05, 3.63) is 40.8 Å². The zero-order chi connectivity index (χ0) is 10.7. The molecule has 4 heteroatoms. The predicted octanol–water partition coefficient (Wildman–Crippen LogP) is 2.58. The van der Waals surface area contributed by atoms with Crippen molar-refractivity contribution in [1.29, 1.82) is 5.26 Å². The summed E-state index contributed by atoms with van der Waals surface area (Å²) in [4.78, 5) is 0. The van der Waals surface area contributed by atoms with Crippen LogP contribution in [0.2, 0.25) is 5.02 Å². The van der Waals surface area contributed by atoms with Gasteiger partial charge in [0.25, 0.3) is 5.95 Å². The molecule has 0 radical (unpaired) electrons. The van der Waals surface area contributed by atoms with E-state index in [0.717, 1.165) is 5.56 Å². The molecule has 2 rings (SSSR count). The Labute approximate surface area is 92.5 Å². The molecule has 1 fully saturated rings. The minimum absolute atomic E-state index is 0.305. The van der Waals surface area contributed by atoms with Gasteiger partial charge in [0, 0.05) is 5.02 Å². The monoisotopic (exact) mass is 221 g/mol. The molecule has 1 aromatic carbocycles. The van der Waals surface area contributed by atoms with Crippen LogP contribution in [0.1, 0.15) is 5.56 Å². The van der Waals surface area contributed by atoms with Crippen LogP contribution in [0.15, 0.2) is 30.2 Å². The fourth-order valence-electron chi connectivity index (χ4n) is 1.30. The van der Waals surface area contributed by atoms with Crippen molar-refractivity contribution in [2.75, 3.05) is 13.2 Å². The third kappa shape index (κ3) is 2.05. The molecule has 0 aliphatic carbocycles. The Morgan fingerprint density at radius 1 is 1.20 bits per heavy atom. The number of hydrogen-bond acceptors (Lipinski definition) is 3.